The molecular weight excluding hydrogens is 250 g/mol. The predicted octanol–water partition coefficient (Wildman–Crippen LogP) is 0.298. The van der Waals surface area contributed by atoms with E-state index in [0.29, 0.717) is 19.4 Å². The van der Waals surface area contributed by atoms with Crippen LogP contribution in [0.2, 0.25) is 0 Å². The van der Waals surface area contributed by atoms with Gasteiger partial charge in [0.05, 0.1) is 5.92 Å². The maximum absolute atomic E-state index is 11.4. The second-order valence-corrected chi connectivity index (χ2v) is 4.87. The van der Waals surface area contributed by atoms with Crippen LogP contribution in [0, 0.1) is 11.8 Å². The van der Waals surface area contributed by atoms with Gasteiger partial charge in [-0.3, -0.25) is 9.59 Å². The number of hydrogen-bond donors (Lipinski definition) is 4. The second-order valence-electron chi connectivity index (χ2n) is 4.87. The van der Waals surface area contributed by atoms with Crippen LogP contribution in [0.5, 0.6) is 0 Å². The Morgan fingerprint density at radius 2 is 1.84 bits per heavy atom. The summed E-state index contributed by atoms with van der Waals surface area (Å²) in [7, 11) is 0. The highest BCUT2D eigenvalue weighted by molar-refractivity contribution is 5.76. The molecule has 7 heteroatoms. The molecule has 110 valence electrons. The molecule has 0 heterocycles. The summed E-state index contributed by atoms with van der Waals surface area (Å²) in [5, 5.41) is 14.0. The molecule has 0 bridgehead atoms. The molecule has 1 atom stereocenters. The van der Waals surface area contributed by atoms with Crippen molar-refractivity contribution in [3.8, 4) is 0 Å². The van der Waals surface area contributed by atoms with Crippen molar-refractivity contribution in [1.29, 1.82) is 0 Å². The van der Waals surface area contributed by atoms with Crippen molar-refractivity contribution in [2.75, 3.05) is 13.1 Å². The first kappa shape index (κ1) is 17.2. The molecule has 0 saturated heterocycles. The third-order valence-corrected chi connectivity index (χ3v) is 2.50. The molecule has 19 heavy (non-hydrogen) atoms. The van der Waals surface area contributed by atoms with Crippen LogP contribution in [0.25, 0.3) is 0 Å². The molecule has 0 aromatic heterocycles. The SMILES string of the molecule is CC(C)CC(CNC(=O)NCCCC(N)=O)C(=O)O. The zero-order chi connectivity index (χ0) is 14.8. The summed E-state index contributed by atoms with van der Waals surface area (Å²) >= 11 is 0. The quantitative estimate of drug-likeness (QED) is 0.451. The number of urea groups is 1. The molecular formula is C12H23N3O4. The minimum atomic E-state index is -0.914. The zero-order valence-corrected chi connectivity index (χ0v) is 11.4. The van der Waals surface area contributed by atoms with Crippen LogP contribution in [-0.4, -0.2) is 36.1 Å². The first-order valence-corrected chi connectivity index (χ1v) is 6.35. The summed E-state index contributed by atoms with van der Waals surface area (Å²) in [5.74, 6) is -1.66. The number of carbonyl (C=O) groups is 3. The molecule has 0 saturated carbocycles. The van der Waals surface area contributed by atoms with E-state index in [1.807, 2.05) is 13.8 Å². The number of carbonyl (C=O) groups excluding carboxylic acids is 2. The number of rotatable bonds is 9. The lowest BCUT2D eigenvalue weighted by Crippen LogP contribution is -2.40. The Morgan fingerprint density at radius 3 is 2.32 bits per heavy atom. The van der Waals surface area contributed by atoms with Crippen molar-refractivity contribution in [2.45, 2.75) is 33.1 Å². The number of carboxylic acid groups (broad SMARTS) is 1. The van der Waals surface area contributed by atoms with Gasteiger partial charge in [0.15, 0.2) is 0 Å². The Bertz CT molecular complexity index is 318. The van der Waals surface area contributed by atoms with E-state index in [2.05, 4.69) is 10.6 Å². The van der Waals surface area contributed by atoms with E-state index in [1.165, 1.54) is 0 Å². The third-order valence-electron chi connectivity index (χ3n) is 2.50. The molecule has 0 radical (unpaired) electrons. The Balaban J connectivity index is 3.85. The maximum atomic E-state index is 11.4. The lowest BCUT2D eigenvalue weighted by atomic mass is 9.97. The molecule has 3 amide bonds. The fourth-order valence-electron chi connectivity index (χ4n) is 1.58. The van der Waals surface area contributed by atoms with Crippen LogP contribution < -0.4 is 16.4 Å². The van der Waals surface area contributed by atoms with Crippen molar-refractivity contribution in [2.24, 2.45) is 17.6 Å². The number of nitrogens with two attached hydrogens (primary N) is 1. The van der Waals surface area contributed by atoms with E-state index in [1.54, 1.807) is 0 Å². The van der Waals surface area contributed by atoms with Gasteiger partial charge in [0.25, 0.3) is 0 Å². The number of carboxylic acids is 1. The highest BCUT2D eigenvalue weighted by Crippen LogP contribution is 2.10. The van der Waals surface area contributed by atoms with Gasteiger partial charge in [0.2, 0.25) is 5.91 Å². The van der Waals surface area contributed by atoms with E-state index in [-0.39, 0.29) is 18.9 Å². The molecule has 0 aliphatic heterocycles. The molecule has 0 rings (SSSR count). The lowest BCUT2D eigenvalue weighted by molar-refractivity contribution is -0.142. The maximum Gasteiger partial charge on any atom is 0.314 e. The average molecular weight is 273 g/mol. The molecule has 0 aromatic rings. The fourth-order valence-corrected chi connectivity index (χ4v) is 1.58. The van der Waals surface area contributed by atoms with Crippen LogP contribution in [0.4, 0.5) is 4.79 Å². The number of primary amides is 1. The van der Waals surface area contributed by atoms with Gasteiger partial charge in [0.1, 0.15) is 0 Å². The van der Waals surface area contributed by atoms with Crippen LogP contribution in [0.3, 0.4) is 0 Å². The van der Waals surface area contributed by atoms with Crippen LogP contribution in [-0.2, 0) is 9.59 Å². The van der Waals surface area contributed by atoms with Gasteiger partial charge in [-0.05, 0) is 18.8 Å². The Labute approximate surface area is 112 Å². The number of hydrogen-bond acceptors (Lipinski definition) is 3. The second kappa shape index (κ2) is 9.18. The number of nitrogens with one attached hydrogen (secondary N) is 2. The topological polar surface area (TPSA) is 122 Å². The monoisotopic (exact) mass is 273 g/mol. The van der Waals surface area contributed by atoms with Crippen molar-refractivity contribution >= 4 is 17.9 Å². The van der Waals surface area contributed by atoms with Crippen LogP contribution in [0.15, 0.2) is 0 Å². The molecule has 0 aromatic carbocycles. The summed E-state index contributed by atoms with van der Waals surface area (Å²) < 4.78 is 0. The number of aliphatic carboxylic acids is 1. The number of amides is 3. The zero-order valence-electron chi connectivity index (χ0n) is 11.4. The first-order valence-electron chi connectivity index (χ1n) is 6.35. The standard InChI is InChI=1S/C12H23N3O4/c1-8(2)6-9(11(17)18)7-15-12(19)14-5-3-4-10(13)16/h8-9H,3-7H2,1-2H3,(H2,13,16)(H,17,18)(H2,14,15,19). The summed E-state index contributed by atoms with van der Waals surface area (Å²) in [6.07, 6.45) is 1.19. The largest absolute Gasteiger partial charge is 0.481 e. The Kier molecular flexibility index (Phi) is 8.32. The Hall–Kier alpha value is -1.79. The van der Waals surface area contributed by atoms with Gasteiger partial charge in [-0.15, -0.1) is 0 Å². The molecule has 0 spiro atoms. The van der Waals surface area contributed by atoms with Crippen molar-refractivity contribution in [3.05, 3.63) is 0 Å². The van der Waals surface area contributed by atoms with E-state index >= 15 is 0 Å². The lowest BCUT2D eigenvalue weighted by Gasteiger charge is -2.15. The van der Waals surface area contributed by atoms with Crippen LogP contribution in [0.1, 0.15) is 33.1 Å². The first-order chi connectivity index (χ1) is 8.82. The van der Waals surface area contributed by atoms with Gasteiger partial charge in [-0.25, -0.2) is 4.79 Å². The van der Waals surface area contributed by atoms with Gasteiger partial charge < -0.3 is 21.5 Å². The van der Waals surface area contributed by atoms with E-state index in [9.17, 15) is 14.4 Å². The van der Waals surface area contributed by atoms with Gasteiger partial charge in [-0.2, -0.15) is 0 Å². The highest BCUT2D eigenvalue weighted by Gasteiger charge is 2.19. The molecule has 5 N–H and O–H groups in total. The molecule has 7 nitrogen and oxygen atoms in total. The average Bonchev–Trinajstić information content (AvgIpc) is 2.29. The molecule has 0 aliphatic rings. The smallest absolute Gasteiger partial charge is 0.314 e. The summed E-state index contributed by atoms with van der Waals surface area (Å²) in [4.78, 5) is 32.8. The molecule has 1 unspecified atom stereocenters. The van der Waals surface area contributed by atoms with Crippen LogP contribution >= 0.6 is 0 Å². The van der Waals surface area contributed by atoms with Gasteiger partial charge >= 0.3 is 12.0 Å². The fraction of sp³-hybridized carbons (Fsp3) is 0.750. The Morgan fingerprint density at radius 1 is 1.21 bits per heavy atom. The normalized spacial score (nSPS) is 11.9. The minimum absolute atomic E-state index is 0.0924. The third kappa shape index (κ3) is 9.87. The minimum Gasteiger partial charge on any atom is -0.481 e. The van der Waals surface area contributed by atoms with Gasteiger partial charge in [0, 0.05) is 19.5 Å². The van der Waals surface area contributed by atoms with Crippen molar-refractivity contribution < 1.29 is 19.5 Å². The van der Waals surface area contributed by atoms with Gasteiger partial charge in [-0.1, -0.05) is 13.8 Å². The summed E-state index contributed by atoms with van der Waals surface area (Å²) in [6.45, 7) is 4.28. The highest BCUT2D eigenvalue weighted by atomic mass is 16.4. The van der Waals surface area contributed by atoms with E-state index in [4.69, 9.17) is 10.8 Å². The van der Waals surface area contributed by atoms with E-state index < -0.39 is 23.8 Å². The van der Waals surface area contributed by atoms with E-state index in [0.717, 1.165) is 0 Å². The van der Waals surface area contributed by atoms with Crippen molar-refractivity contribution in [1.82, 2.24) is 10.6 Å². The summed E-state index contributed by atoms with van der Waals surface area (Å²) in [5.41, 5.74) is 4.95. The summed E-state index contributed by atoms with van der Waals surface area (Å²) in [6, 6.07) is -0.431. The predicted molar refractivity (Wildman–Crippen MR) is 70.4 cm³/mol. The molecule has 0 aliphatic carbocycles. The van der Waals surface area contributed by atoms with Crippen molar-refractivity contribution in [3.63, 3.8) is 0 Å². The molecule has 0 fully saturated rings.